The third-order valence-electron chi connectivity index (χ3n) is 6.18. The van der Waals surface area contributed by atoms with Crippen molar-refractivity contribution in [3.05, 3.63) is 46.8 Å². The van der Waals surface area contributed by atoms with Crippen molar-refractivity contribution in [3.63, 3.8) is 0 Å². The maximum atomic E-state index is 9.63. The molecular weight excluding hydrogens is 364 g/mol. The molecule has 1 aromatic carbocycles. The Morgan fingerprint density at radius 3 is 2.62 bits per heavy atom. The van der Waals surface area contributed by atoms with Crippen molar-refractivity contribution in [2.75, 3.05) is 33.4 Å². The Labute approximate surface area is 175 Å². The Morgan fingerprint density at radius 1 is 1.17 bits per heavy atom. The molecule has 0 spiro atoms. The molecule has 0 radical (unpaired) electrons. The molecule has 2 heterocycles. The van der Waals surface area contributed by atoms with Crippen LogP contribution in [0.5, 0.6) is 5.75 Å². The van der Waals surface area contributed by atoms with Crippen LogP contribution in [0.15, 0.2) is 24.5 Å². The molecule has 1 aliphatic rings. The number of aliphatic hydroxyl groups excluding tert-OH is 1. The van der Waals surface area contributed by atoms with Crippen LogP contribution in [0, 0.1) is 13.8 Å². The van der Waals surface area contributed by atoms with Gasteiger partial charge in [-0.2, -0.15) is 5.10 Å². The third-order valence-corrected chi connectivity index (χ3v) is 6.18. The van der Waals surface area contributed by atoms with Gasteiger partial charge in [-0.05, 0) is 56.9 Å². The highest BCUT2D eigenvalue weighted by Crippen LogP contribution is 2.26. The Balaban J connectivity index is 1.66. The van der Waals surface area contributed by atoms with Crippen LogP contribution in [-0.2, 0) is 13.1 Å². The fourth-order valence-corrected chi connectivity index (χ4v) is 4.19. The molecule has 3 rings (SSSR count). The standard InChI is InChI=1S/C23H36N4O2/c1-17(2)27-14-20(12-24-27)13-25-9-10-26(22(16-25)8-11-28)15-21-6-7-23(29-5)19(4)18(21)3/h6-7,12,14,17,22,28H,8-11,13,15-16H2,1-5H3/t22-/m0/s1. The van der Waals surface area contributed by atoms with E-state index in [2.05, 4.69) is 60.9 Å². The van der Waals surface area contributed by atoms with Crippen molar-refractivity contribution >= 4 is 0 Å². The average Bonchev–Trinajstić information content (AvgIpc) is 3.16. The molecule has 0 unspecified atom stereocenters. The van der Waals surface area contributed by atoms with Crippen LogP contribution in [-0.4, -0.2) is 64.1 Å². The van der Waals surface area contributed by atoms with E-state index in [0.717, 1.165) is 44.9 Å². The summed E-state index contributed by atoms with van der Waals surface area (Å²) in [7, 11) is 1.73. The predicted octanol–water partition coefficient (Wildman–Crippen LogP) is 3.16. The van der Waals surface area contributed by atoms with Gasteiger partial charge in [0, 0.05) is 63.2 Å². The molecule has 1 aliphatic heterocycles. The van der Waals surface area contributed by atoms with Crippen LogP contribution < -0.4 is 4.74 Å². The van der Waals surface area contributed by atoms with E-state index in [9.17, 15) is 5.11 Å². The van der Waals surface area contributed by atoms with E-state index in [0.29, 0.717) is 12.1 Å². The molecule has 0 saturated carbocycles. The lowest BCUT2D eigenvalue weighted by atomic mass is 10.00. The van der Waals surface area contributed by atoms with Crippen molar-refractivity contribution in [1.29, 1.82) is 0 Å². The summed E-state index contributed by atoms with van der Waals surface area (Å²) in [6, 6.07) is 5.00. The Hall–Kier alpha value is -1.89. The topological polar surface area (TPSA) is 53.8 Å². The van der Waals surface area contributed by atoms with Crippen LogP contribution in [0.25, 0.3) is 0 Å². The number of piperazine rings is 1. The van der Waals surface area contributed by atoms with Gasteiger partial charge in [0.15, 0.2) is 0 Å². The van der Waals surface area contributed by atoms with Crippen LogP contribution in [0.1, 0.15) is 48.6 Å². The molecule has 6 nitrogen and oxygen atoms in total. The smallest absolute Gasteiger partial charge is 0.122 e. The van der Waals surface area contributed by atoms with Crippen LogP contribution in [0.2, 0.25) is 0 Å². The van der Waals surface area contributed by atoms with Crippen LogP contribution >= 0.6 is 0 Å². The molecule has 160 valence electrons. The second-order valence-corrected chi connectivity index (χ2v) is 8.47. The molecule has 29 heavy (non-hydrogen) atoms. The fourth-order valence-electron chi connectivity index (χ4n) is 4.19. The van der Waals surface area contributed by atoms with Crippen molar-refractivity contribution in [1.82, 2.24) is 19.6 Å². The van der Waals surface area contributed by atoms with E-state index >= 15 is 0 Å². The molecule has 1 atom stereocenters. The average molecular weight is 401 g/mol. The Morgan fingerprint density at radius 2 is 1.97 bits per heavy atom. The maximum Gasteiger partial charge on any atom is 0.122 e. The zero-order chi connectivity index (χ0) is 21.0. The number of rotatable bonds is 8. The van der Waals surface area contributed by atoms with Crippen LogP contribution in [0.3, 0.4) is 0 Å². The van der Waals surface area contributed by atoms with Gasteiger partial charge in [-0.25, -0.2) is 0 Å². The van der Waals surface area contributed by atoms with Gasteiger partial charge in [0.1, 0.15) is 5.75 Å². The van der Waals surface area contributed by atoms with Gasteiger partial charge < -0.3 is 9.84 Å². The van der Waals surface area contributed by atoms with E-state index in [1.807, 2.05) is 10.9 Å². The highest BCUT2D eigenvalue weighted by molar-refractivity contribution is 5.43. The molecule has 1 saturated heterocycles. The molecular formula is C23H36N4O2. The number of methoxy groups -OCH3 is 1. The molecule has 2 aromatic rings. The summed E-state index contributed by atoms with van der Waals surface area (Å²) in [6.07, 6.45) is 4.94. The van der Waals surface area contributed by atoms with Gasteiger partial charge in [-0.15, -0.1) is 0 Å². The van der Waals surface area contributed by atoms with Gasteiger partial charge in [0.25, 0.3) is 0 Å². The molecule has 1 N–H and O–H groups in total. The first kappa shape index (κ1) is 21.8. The number of benzene rings is 1. The number of aromatic nitrogens is 2. The lowest BCUT2D eigenvalue weighted by Crippen LogP contribution is -2.52. The van der Waals surface area contributed by atoms with Gasteiger partial charge in [-0.1, -0.05) is 6.07 Å². The van der Waals surface area contributed by atoms with Crippen LogP contribution in [0.4, 0.5) is 0 Å². The SMILES string of the molecule is COc1ccc(CN2CCN(Cc3cnn(C(C)C)c3)C[C@@H]2CCO)c(C)c1C. The van der Waals surface area contributed by atoms with Crippen molar-refractivity contribution < 1.29 is 9.84 Å². The van der Waals surface area contributed by atoms with E-state index in [4.69, 9.17) is 4.74 Å². The quantitative estimate of drug-likeness (QED) is 0.738. The normalized spacial score (nSPS) is 18.5. The molecule has 0 amide bonds. The first-order chi connectivity index (χ1) is 13.9. The summed E-state index contributed by atoms with van der Waals surface area (Å²) in [4.78, 5) is 5.02. The summed E-state index contributed by atoms with van der Waals surface area (Å²) in [5, 5.41) is 14.1. The van der Waals surface area contributed by atoms with Crippen molar-refractivity contribution in [3.8, 4) is 5.75 Å². The summed E-state index contributed by atoms with van der Waals surface area (Å²) >= 11 is 0. The minimum absolute atomic E-state index is 0.223. The molecule has 1 aromatic heterocycles. The van der Waals surface area contributed by atoms with E-state index in [-0.39, 0.29) is 6.61 Å². The summed E-state index contributed by atoms with van der Waals surface area (Å²) in [6.45, 7) is 13.7. The Bertz CT molecular complexity index is 802. The number of aliphatic hydroxyl groups is 1. The number of hydrogen-bond acceptors (Lipinski definition) is 5. The van der Waals surface area contributed by atoms with Crippen molar-refractivity contribution in [2.45, 2.75) is 59.3 Å². The summed E-state index contributed by atoms with van der Waals surface area (Å²) < 4.78 is 7.48. The minimum Gasteiger partial charge on any atom is -0.496 e. The largest absolute Gasteiger partial charge is 0.496 e. The maximum absolute atomic E-state index is 9.63. The second-order valence-electron chi connectivity index (χ2n) is 8.47. The van der Waals surface area contributed by atoms with Gasteiger partial charge in [0.05, 0.1) is 13.3 Å². The Kier molecular flexibility index (Phi) is 7.33. The molecule has 1 fully saturated rings. The third kappa shape index (κ3) is 5.18. The van der Waals surface area contributed by atoms with Crippen molar-refractivity contribution in [2.24, 2.45) is 0 Å². The molecule has 0 aliphatic carbocycles. The lowest BCUT2D eigenvalue weighted by Gasteiger charge is -2.41. The van der Waals surface area contributed by atoms with Gasteiger partial charge >= 0.3 is 0 Å². The van der Waals surface area contributed by atoms with Gasteiger partial charge in [-0.3, -0.25) is 14.5 Å². The molecule has 0 bridgehead atoms. The monoisotopic (exact) mass is 400 g/mol. The number of hydrogen-bond donors (Lipinski definition) is 1. The summed E-state index contributed by atoms with van der Waals surface area (Å²) in [5.74, 6) is 0.949. The number of nitrogens with zero attached hydrogens (tertiary/aromatic N) is 4. The van der Waals surface area contributed by atoms with Gasteiger partial charge in [0.2, 0.25) is 0 Å². The molecule has 6 heteroatoms. The lowest BCUT2D eigenvalue weighted by molar-refractivity contribution is 0.0498. The first-order valence-corrected chi connectivity index (χ1v) is 10.7. The fraction of sp³-hybridized carbons (Fsp3) is 0.609. The summed E-state index contributed by atoms with van der Waals surface area (Å²) in [5.41, 5.74) is 5.12. The van der Waals surface area contributed by atoms with E-state index in [1.54, 1.807) is 7.11 Å². The second kappa shape index (κ2) is 9.74. The number of ether oxygens (including phenoxy) is 1. The zero-order valence-electron chi connectivity index (χ0n) is 18.6. The van der Waals surface area contributed by atoms with E-state index < -0.39 is 0 Å². The minimum atomic E-state index is 0.223. The highest BCUT2D eigenvalue weighted by Gasteiger charge is 2.27. The van der Waals surface area contributed by atoms with E-state index in [1.165, 1.54) is 22.3 Å². The predicted molar refractivity (Wildman–Crippen MR) is 116 cm³/mol. The highest BCUT2D eigenvalue weighted by atomic mass is 16.5. The zero-order valence-corrected chi connectivity index (χ0v) is 18.6. The first-order valence-electron chi connectivity index (χ1n) is 10.7.